The molecule has 1 rings (SSSR count). The normalized spacial score (nSPS) is 16.8. The van der Waals surface area contributed by atoms with E-state index in [9.17, 15) is 0 Å². The number of hydrogen-bond donors (Lipinski definition) is 2. The van der Waals surface area contributed by atoms with Crippen LogP contribution in [0, 0.1) is 0 Å². The lowest BCUT2D eigenvalue weighted by Crippen LogP contribution is -2.41. The van der Waals surface area contributed by atoms with Gasteiger partial charge in [-0.3, -0.25) is 0 Å². The first-order valence-electron chi connectivity index (χ1n) is 6.10. The maximum atomic E-state index is 9.16. The van der Waals surface area contributed by atoms with Crippen molar-refractivity contribution in [3.63, 3.8) is 0 Å². The highest BCUT2D eigenvalue weighted by Crippen LogP contribution is 2.18. The first-order valence-corrected chi connectivity index (χ1v) is 6.10. The van der Waals surface area contributed by atoms with Gasteiger partial charge in [-0.1, -0.05) is 44.2 Å². The number of benzene rings is 1. The van der Waals surface area contributed by atoms with E-state index in [4.69, 9.17) is 5.11 Å². The van der Waals surface area contributed by atoms with Crippen LogP contribution in [0.2, 0.25) is 0 Å². The van der Waals surface area contributed by atoms with E-state index in [1.54, 1.807) is 0 Å². The van der Waals surface area contributed by atoms with Crippen molar-refractivity contribution in [2.24, 2.45) is 0 Å². The molecule has 0 aliphatic carbocycles. The molecule has 0 spiro atoms. The van der Waals surface area contributed by atoms with Crippen molar-refractivity contribution in [3.8, 4) is 0 Å². The second-order valence-electron chi connectivity index (χ2n) is 4.44. The van der Waals surface area contributed by atoms with Crippen LogP contribution in [0.5, 0.6) is 0 Å². The molecule has 0 heterocycles. The first kappa shape index (κ1) is 13.2. The molecule has 2 nitrogen and oxygen atoms in total. The third-order valence-electron chi connectivity index (χ3n) is 3.29. The van der Waals surface area contributed by atoms with Crippen LogP contribution in [0.15, 0.2) is 30.3 Å². The Kier molecular flexibility index (Phi) is 5.50. The molecular formula is C14H23NO. The molecule has 16 heavy (non-hydrogen) atoms. The van der Waals surface area contributed by atoms with Gasteiger partial charge in [-0.15, -0.1) is 0 Å². The minimum absolute atomic E-state index is 0.209. The van der Waals surface area contributed by atoms with Gasteiger partial charge in [0.05, 0.1) is 6.61 Å². The first-order chi connectivity index (χ1) is 7.69. The molecule has 0 fully saturated rings. The molecule has 2 heteroatoms. The van der Waals surface area contributed by atoms with E-state index in [-0.39, 0.29) is 12.6 Å². The summed E-state index contributed by atoms with van der Waals surface area (Å²) in [6, 6.07) is 11.1. The van der Waals surface area contributed by atoms with Crippen molar-refractivity contribution in [2.45, 2.75) is 45.2 Å². The molecule has 2 N–H and O–H groups in total. The fourth-order valence-corrected chi connectivity index (χ4v) is 1.86. The highest BCUT2D eigenvalue weighted by molar-refractivity contribution is 5.20. The topological polar surface area (TPSA) is 32.3 Å². The van der Waals surface area contributed by atoms with Gasteiger partial charge in [-0.25, -0.2) is 0 Å². The molecule has 0 radical (unpaired) electrons. The van der Waals surface area contributed by atoms with Crippen LogP contribution in [-0.2, 0) is 0 Å². The maximum absolute atomic E-state index is 9.16. The summed E-state index contributed by atoms with van der Waals surface area (Å²) < 4.78 is 0. The summed E-state index contributed by atoms with van der Waals surface area (Å²) in [5, 5.41) is 12.6. The van der Waals surface area contributed by atoms with Crippen molar-refractivity contribution in [2.75, 3.05) is 6.61 Å². The number of rotatable bonds is 6. The lowest BCUT2D eigenvalue weighted by molar-refractivity contribution is 0.225. The SMILES string of the molecule is CC[C@H](CO)NC(C)C(C)c1ccccc1. The Bertz CT molecular complexity index is 282. The molecule has 2 unspecified atom stereocenters. The van der Waals surface area contributed by atoms with E-state index in [2.05, 4.69) is 50.4 Å². The van der Waals surface area contributed by atoms with Gasteiger partial charge in [0.15, 0.2) is 0 Å². The summed E-state index contributed by atoms with van der Waals surface area (Å²) in [6.07, 6.45) is 0.961. The molecule has 0 aliphatic heterocycles. The Hall–Kier alpha value is -0.860. The third-order valence-corrected chi connectivity index (χ3v) is 3.29. The second kappa shape index (κ2) is 6.66. The summed E-state index contributed by atoms with van der Waals surface area (Å²) >= 11 is 0. The van der Waals surface area contributed by atoms with Gasteiger partial charge in [0.1, 0.15) is 0 Å². The predicted molar refractivity (Wildman–Crippen MR) is 68.6 cm³/mol. The molecule has 0 bridgehead atoms. The standard InChI is InChI=1S/C14H23NO/c1-4-14(10-16)15-12(3)11(2)13-8-6-5-7-9-13/h5-9,11-12,14-16H,4,10H2,1-3H3/t11?,12?,14-/m1/s1. The summed E-state index contributed by atoms with van der Waals surface area (Å²) in [5.41, 5.74) is 1.34. The zero-order valence-corrected chi connectivity index (χ0v) is 10.5. The van der Waals surface area contributed by atoms with E-state index in [1.165, 1.54) is 5.56 Å². The summed E-state index contributed by atoms with van der Waals surface area (Å²) in [5.74, 6) is 0.460. The quantitative estimate of drug-likeness (QED) is 0.773. The monoisotopic (exact) mass is 221 g/mol. The minimum atomic E-state index is 0.209. The van der Waals surface area contributed by atoms with Crippen molar-refractivity contribution in [1.29, 1.82) is 0 Å². The van der Waals surface area contributed by atoms with Crippen LogP contribution in [0.3, 0.4) is 0 Å². The molecule has 3 atom stereocenters. The van der Waals surface area contributed by atoms with Crippen LogP contribution >= 0.6 is 0 Å². The number of hydrogen-bond acceptors (Lipinski definition) is 2. The van der Waals surface area contributed by atoms with Crippen LogP contribution in [0.25, 0.3) is 0 Å². The summed E-state index contributed by atoms with van der Waals surface area (Å²) in [4.78, 5) is 0. The van der Waals surface area contributed by atoms with Crippen LogP contribution in [0.4, 0.5) is 0 Å². The fourth-order valence-electron chi connectivity index (χ4n) is 1.86. The molecule has 0 aliphatic rings. The average molecular weight is 221 g/mol. The predicted octanol–water partition coefficient (Wildman–Crippen LogP) is 2.54. The molecule has 0 saturated heterocycles. The Morgan fingerprint density at radius 2 is 1.81 bits per heavy atom. The van der Waals surface area contributed by atoms with E-state index in [1.807, 2.05) is 6.07 Å². The van der Waals surface area contributed by atoms with Crippen molar-refractivity contribution >= 4 is 0 Å². The zero-order chi connectivity index (χ0) is 12.0. The van der Waals surface area contributed by atoms with Crippen LogP contribution in [0.1, 0.15) is 38.7 Å². The van der Waals surface area contributed by atoms with Crippen LogP contribution in [-0.4, -0.2) is 23.8 Å². The van der Waals surface area contributed by atoms with E-state index in [0.29, 0.717) is 12.0 Å². The van der Waals surface area contributed by atoms with Gasteiger partial charge < -0.3 is 10.4 Å². The van der Waals surface area contributed by atoms with Gasteiger partial charge in [0, 0.05) is 12.1 Å². The van der Waals surface area contributed by atoms with Gasteiger partial charge in [-0.05, 0) is 24.8 Å². The number of aliphatic hydroxyl groups is 1. The summed E-state index contributed by atoms with van der Waals surface area (Å²) in [6.45, 7) is 6.70. The molecular weight excluding hydrogens is 198 g/mol. The highest BCUT2D eigenvalue weighted by Gasteiger charge is 2.16. The van der Waals surface area contributed by atoms with E-state index in [0.717, 1.165) is 6.42 Å². The summed E-state index contributed by atoms with van der Waals surface area (Å²) in [7, 11) is 0. The fraction of sp³-hybridized carbons (Fsp3) is 0.571. The third kappa shape index (κ3) is 3.62. The lowest BCUT2D eigenvalue weighted by Gasteiger charge is -2.26. The Morgan fingerprint density at radius 1 is 1.19 bits per heavy atom. The Labute approximate surface area is 98.7 Å². The number of aliphatic hydroxyl groups excluding tert-OH is 1. The lowest BCUT2D eigenvalue weighted by atomic mass is 9.94. The van der Waals surface area contributed by atoms with E-state index < -0.39 is 0 Å². The van der Waals surface area contributed by atoms with Gasteiger partial charge >= 0.3 is 0 Å². The minimum Gasteiger partial charge on any atom is -0.395 e. The van der Waals surface area contributed by atoms with Crippen molar-refractivity contribution in [3.05, 3.63) is 35.9 Å². The van der Waals surface area contributed by atoms with Crippen LogP contribution < -0.4 is 5.32 Å². The molecule has 0 amide bonds. The average Bonchev–Trinajstić information content (AvgIpc) is 2.35. The Morgan fingerprint density at radius 3 is 2.31 bits per heavy atom. The van der Waals surface area contributed by atoms with Crippen molar-refractivity contribution in [1.82, 2.24) is 5.32 Å². The van der Waals surface area contributed by atoms with E-state index >= 15 is 0 Å². The zero-order valence-electron chi connectivity index (χ0n) is 10.5. The van der Waals surface area contributed by atoms with Crippen molar-refractivity contribution < 1.29 is 5.11 Å². The Balaban J connectivity index is 2.57. The number of nitrogens with one attached hydrogen (secondary N) is 1. The van der Waals surface area contributed by atoms with Gasteiger partial charge in [-0.2, -0.15) is 0 Å². The maximum Gasteiger partial charge on any atom is 0.0584 e. The smallest absolute Gasteiger partial charge is 0.0584 e. The molecule has 1 aromatic carbocycles. The molecule has 90 valence electrons. The second-order valence-corrected chi connectivity index (χ2v) is 4.44. The molecule has 0 saturated carbocycles. The molecule has 0 aromatic heterocycles. The van der Waals surface area contributed by atoms with Gasteiger partial charge in [0.25, 0.3) is 0 Å². The highest BCUT2D eigenvalue weighted by atomic mass is 16.3. The molecule has 1 aromatic rings. The largest absolute Gasteiger partial charge is 0.395 e. The van der Waals surface area contributed by atoms with Gasteiger partial charge in [0.2, 0.25) is 0 Å².